The molecular weight excluding hydrogens is 306 g/mol. The molecule has 3 aliphatic rings. The van der Waals surface area contributed by atoms with Gasteiger partial charge in [0.15, 0.2) is 5.79 Å². The third kappa shape index (κ3) is 2.30. The van der Waals surface area contributed by atoms with Crippen LogP contribution in [0.3, 0.4) is 0 Å². The molecule has 2 heterocycles. The Bertz CT molecular complexity index is 599. The summed E-state index contributed by atoms with van der Waals surface area (Å²) in [6.07, 6.45) is 3.19. The summed E-state index contributed by atoms with van der Waals surface area (Å²) in [6, 6.07) is 10.4. The first-order valence-corrected chi connectivity index (χ1v) is 8.70. The summed E-state index contributed by atoms with van der Waals surface area (Å²) in [5.74, 6) is -0.356. The van der Waals surface area contributed by atoms with Gasteiger partial charge in [0.25, 0.3) is 5.91 Å². The van der Waals surface area contributed by atoms with E-state index in [1.165, 1.54) is 5.56 Å². The Hall–Kier alpha value is -1.43. The lowest BCUT2D eigenvalue weighted by molar-refractivity contribution is -0.333. The Morgan fingerprint density at radius 2 is 1.92 bits per heavy atom. The van der Waals surface area contributed by atoms with E-state index in [4.69, 9.17) is 14.2 Å². The van der Waals surface area contributed by atoms with Crippen molar-refractivity contribution in [2.75, 3.05) is 27.4 Å². The summed E-state index contributed by atoms with van der Waals surface area (Å²) in [5.41, 5.74) is 1.25. The quantitative estimate of drug-likeness (QED) is 0.796. The minimum Gasteiger partial charge on any atom is -0.368 e. The number of nitrogens with zero attached hydrogens (tertiary/aromatic N) is 1. The first-order valence-electron chi connectivity index (χ1n) is 8.70. The second-order valence-corrected chi connectivity index (χ2v) is 7.32. The summed E-state index contributed by atoms with van der Waals surface area (Å²) in [5, 5.41) is 0. The van der Waals surface area contributed by atoms with Crippen LogP contribution in [-0.4, -0.2) is 50.1 Å². The lowest BCUT2D eigenvalue weighted by Crippen LogP contribution is -2.71. The number of hydrogen-bond acceptors (Lipinski definition) is 4. The van der Waals surface area contributed by atoms with Gasteiger partial charge in [0.05, 0.1) is 6.04 Å². The van der Waals surface area contributed by atoms with Gasteiger partial charge in [-0.1, -0.05) is 30.3 Å². The summed E-state index contributed by atoms with van der Waals surface area (Å²) in [4.78, 5) is 14.9. The van der Waals surface area contributed by atoms with Crippen molar-refractivity contribution in [1.29, 1.82) is 0 Å². The second-order valence-electron chi connectivity index (χ2n) is 7.32. The van der Waals surface area contributed by atoms with Crippen LogP contribution in [0.25, 0.3) is 0 Å². The van der Waals surface area contributed by atoms with E-state index in [1.54, 1.807) is 14.2 Å². The van der Waals surface area contributed by atoms with E-state index >= 15 is 0 Å². The molecule has 1 saturated carbocycles. The van der Waals surface area contributed by atoms with Crippen molar-refractivity contribution in [2.45, 2.75) is 43.6 Å². The topological polar surface area (TPSA) is 48.0 Å². The van der Waals surface area contributed by atoms with Gasteiger partial charge >= 0.3 is 0 Å². The van der Waals surface area contributed by atoms with Crippen LogP contribution in [0.1, 0.15) is 37.3 Å². The monoisotopic (exact) mass is 331 g/mol. The Morgan fingerprint density at radius 3 is 2.50 bits per heavy atom. The van der Waals surface area contributed by atoms with E-state index in [2.05, 4.69) is 12.1 Å². The second kappa shape index (κ2) is 5.83. The number of hydrogen-bond donors (Lipinski definition) is 0. The van der Waals surface area contributed by atoms with E-state index < -0.39 is 5.79 Å². The number of amides is 1. The summed E-state index contributed by atoms with van der Waals surface area (Å²) in [6.45, 7) is 1.46. The number of rotatable bonds is 4. The van der Waals surface area contributed by atoms with Crippen LogP contribution in [0.2, 0.25) is 0 Å². The molecule has 5 nitrogen and oxygen atoms in total. The fraction of sp³-hybridized carbons (Fsp3) is 0.632. The van der Waals surface area contributed by atoms with Crippen LogP contribution in [-0.2, 0) is 19.0 Å². The predicted octanol–water partition coefficient (Wildman–Crippen LogP) is 2.52. The zero-order valence-corrected chi connectivity index (χ0v) is 14.4. The normalized spacial score (nSPS) is 30.0. The molecule has 0 N–H and O–H groups in total. The highest BCUT2D eigenvalue weighted by atomic mass is 16.7. The van der Waals surface area contributed by atoms with Crippen molar-refractivity contribution >= 4 is 5.91 Å². The molecular formula is C19H25NO4. The van der Waals surface area contributed by atoms with E-state index in [0.29, 0.717) is 6.61 Å². The Labute approximate surface area is 142 Å². The summed E-state index contributed by atoms with van der Waals surface area (Å²) < 4.78 is 16.8. The number of carbonyl (C=O) groups is 1. The van der Waals surface area contributed by atoms with Crippen molar-refractivity contribution < 1.29 is 19.0 Å². The fourth-order valence-electron chi connectivity index (χ4n) is 4.76. The maximum absolute atomic E-state index is 12.9. The molecule has 0 radical (unpaired) electrons. The number of methoxy groups -OCH3 is 2. The van der Waals surface area contributed by atoms with Gasteiger partial charge in [0.1, 0.15) is 6.10 Å². The van der Waals surface area contributed by atoms with Crippen molar-refractivity contribution in [3.8, 4) is 0 Å². The molecule has 4 rings (SSSR count). The maximum Gasteiger partial charge on any atom is 0.252 e. The van der Waals surface area contributed by atoms with Crippen molar-refractivity contribution in [1.82, 2.24) is 4.90 Å². The molecule has 2 atom stereocenters. The first kappa shape index (κ1) is 16.1. The molecule has 1 spiro atoms. The van der Waals surface area contributed by atoms with Crippen LogP contribution in [0, 0.1) is 5.41 Å². The molecule has 0 bridgehead atoms. The number of likely N-dealkylation sites (tertiary alicyclic amines) is 1. The van der Waals surface area contributed by atoms with Crippen LogP contribution in [0.4, 0.5) is 0 Å². The molecule has 130 valence electrons. The molecule has 1 aromatic rings. The van der Waals surface area contributed by atoms with E-state index in [0.717, 1.165) is 32.2 Å². The fourth-order valence-corrected chi connectivity index (χ4v) is 4.76. The largest absolute Gasteiger partial charge is 0.368 e. The zero-order chi connectivity index (χ0) is 16.8. The van der Waals surface area contributed by atoms with Crippen molar-refractivity contribution in [3.63, 3.8) is 0 Å². The third-order valence-corrected chi connectivity index (χ3v) is 5.97. The molecule has 2 saturated heterocycles. The lowest BCUT2D eigenvalue weighted by atomic mass is 9.53. The number of ether oxygens (including phenoxy) is 3. The predicted molar refractivity (Wildman–Crippen MR) is 88.3 cm³/mol. The highest BCUT2D eigenvalue weighted by molar-refractivity contribution is 5.83. The lowest BCUT2D eigenvalue weighted by Gasteiger charge is -2.67. The Morgan fingerprint density at radius 1 is 1.21 bits per heavy atom. The van der Waals surface area contributed by atoms with Crippen LogP contribution in [0.5, 0.6) is 0 Å². The van der Waals surface area contributed by atoms with E-state index in [1.807, 2.05) is 23.1 Å². The van der Waals surface area contributed by atoms with Gasteiger partial charge in [-0.3, -0.25) is 4.79 Å². The third-order valence-electron chi connectivity index (χ3n) is 5.97. The van der Waals surface area contributed by atoms with Gasteiger partial charge < -0.3 is 19.1 Å². The van der Waals surface area contributed by atoms with Crippen LogP contribution in [0.15, 0.2) is 30.3 Å². The number of carbonyl (C=O) groups excluding carboxylic acids is 1. The van der Waals surface area contributed by atoms with Crippen molar-refractivity contribution in [2.24, 2.45) is 5.41 Å². The smallest absolute Gasteiger partial charge is 0.252 e. The minimum absolute atomic E-state index is 0.0572. The molecule has 3 fully saturated rings. The van der Waals surface area contributed by atoms with Gasteiger partial charge in [-0.25, -0.2) is 0 Å². The molecule has 24 heavy (non-hydrogen) atoms. The maximum atomic E-state index is 12.9. The molecule has 5 heteroatoms. The van der Waals surface area contributed by atoms with Gasteiger partial charge in [0, 0.05) is 45.6 Å². The van der Waals surface area contributed by atoms with Gasteiger partial charge in [-0.15, -0.1) is 0 Å². The zero-order valence-electron chi connectivity index (χ0n) is 14.4. The Balaban J connectivity index is 1.58. The SMILES string of the molecule is COC1(OC)CC2(CN(C(=O)[C@H]3CCCO3)C2c2ccccc2)C1. The van der Waals surface area contributed by atoms with Crippen LogP contribution < -0.4 is 0 Å². The summed E-state index contributed by atoms with van der Waals surface area (Å²) >= 11 is 0. The average Bonchev–Trinajstić information content (AvgIpc) is 3.09. The van der Waals surface area contributed by atoms with E-state index in [9.17, 15) is 4.79 Å². The molecule has 1 aromatic carbocycles. The molecule has 2 aliphatic heterocycles. The van der Waals surface area contributed by atoms with Gasteiger partial charge in [-0.05, 0) is 18.4 Å². The highest BCUT2D eigenvalue weighted by Crippen LogP contribution is 2.65. The van der Waals surface area contributed by atoms with Gasteiger partial charge in [0.2, 0.25) is 0 Å². The highest BCUT2D eigenvalue weighted by Gasteiger charge is 2.68. The van der Waals surface area contributed by atoms with E-state index in [-0.39, 0.29) is 23.5 Å². The van der Waals surface area contributed by atoms with Gasteiger partial charge in [-0.2, -0.15) is 0 Å². The standard InChI is InChI=1S/C19H25NO4/c1-22-19(23-2)11-18(12-19)13-20(17(21)15-9-6-10-24-15)16(18)14-7-4-3-5-8-14/h3-5,7-8,15-16H,6,9-13H2,1-2H3/t15-,16?/m1/s1. The van der Waals surface area contributed by atoms with Crippen LogP contribution >= 0.6 is 0 Å². The Kier molecular flexibility index (Phi) is 3.90. The average molecular weight is 331 g/mol. The molecule has 0 aromatic heterocycles. The molecule has 1 unspecified atom stereocenters. The van der Waals surface area contributed by atoms with Crippen molar-refractivity contribution in [3.05, 3.63) is 35.9 Å². The first-order chi connectivity index (χ1) is 11.6. The summed E-state index contributed by atoms with van der Waals surface area (Å²) in [7, 11) is 3.39. The number of benzene rings is 1. The molecule has 1 amide bonds. The molecule has 1 aliphatic carbocycles. The minimum atomic E-state index is -0.494.